The zero-order valence-corrected chi connectivity index (χ0v) is 13.8. The molecule has 132 valence electrons. The first-order valence-electron chi connectivity index (χ1n) is 8.09. The van der Waals surface area contributed by atoms with Crippen molar-refractivity contribution < 1.29 is 28.5 Å². The standard InChI is InChI=1S/C20H16O6/c21-20(8-5-15-4-7-17-19(11-15)26-13-24-17)22-9-1-2-14-3-6-16-18(10-14)25-12-23-16/h1-8,10-11H,9,12-13H2. The molecule has 4 rings (SSSR count). The maximum absolute atomic E-state index is 11.8. The average Bonchev–Trinajstić information content (AvgIpc) is 3.31. The molecule has 2 aliphatic heterocycles. The van der Waals surface area contributed by atoms with E-state index in [9.17, 15) is 4.79 Å². The molecule has 0 unspecified atom stereocenters. The highest BCUT2D eigenvalue weighted by molar-refractivity contribution is 5.87. The van der Waals surface area contributed by atoms with Crippen LogP contribution < -0.4 is 18.9 Å². The predicted octanol–water partition coefficient (Wildman–Crippen LogP) is 3.41. The first kappa shape index (κ1) is 16.1. The molecular formula is C20H16O6. The lowest BCUT2D eigenvalue weighted by Crippen LogP contribution is -1.99. The number of hydrogen-bond acceptors (Lipinski definition) is 6. The molecule has 0 bridgehead atoms. The van der Waals surface area contributed by atoms with E-state index >= 15 is 0 Å². The van der Waals surface area contributed by atoms with Gasteiger partial charge < -0.3 is 23.7 Å². The molecule has 0 fully saturated rings. The molecule has 0 radical (unpaired) electrons. The third kappa shape index (κ3) is 3.64. The zero-order chi connectivity index (χ0) is 17.8. The van der Waals surface area contributed by atoms with Crippen molar-refractivity contribution in [3.63, 3.8) is 0 Å². The summed E-state index contributed by atoms with van der Waals surface area (Å²) >= 11 is 0. The Balaban J connectivity index is 1.27. The largest absolute Gasteiger partial charge is 0.458 e. The Kier molecular flexibility index (Phi) is 4.47. The highest BCUT2D eigenvalue weighted by Crippen LogP contribution is 2.33. The van der Waals surface area contributed by atoms with Gasteiger partial charge in [0.25, 0.3) is 0 Å². The number of esters is 1. The second-order valence-corrected chi connectivity index (χ2v) is 5.59. The molecule has 26 heavy (non-hydrogen) atoms. The fraction of sp³-hybridized carbons (Fsp3) is 0.150. The van der Waals surface area contributed by atoms with Gasteiger partial charge in [-0.1, -0.05) is 18.2 Å². The number of hydrogen-bond donors (Lipinski definition) is 0. The first-order chi connectivity index (χ1) is 12.8. The van der Waals surface area contributed by atoms with Gasteiger partial charge in [0.15, 0.2) is 23.0 Å². The van der Waals surface area contributed by atoms with Gasteiger partial charge in [-0.15, -0.1) is 0 Å². The molecule has 6 heteroatoms. The van der Waals surface area contributed by atoms with Gasteiger partial charge in [-0.2, -0.15) is 0 Å². The summed E-state index contributed by atoms with van der Waals surface area (Å²) in [6.07, 6.45) is 6.68. The van der Waals surface area contributed by atoms with Crippen molar-refractivity contribution >= 4 is 18.1 Å². The van der Waals surface area contributed by atoms with Crippen LogP contribution in [0.5, 0.6) is 23.0 Å². The van der Waals surface area contributed by atoms with Crippen LogP contribution in [0.25, 0.3) is 12.2 Å². The first-order valence-corrected chi connectivity index (χ1v) is 8.09. The Morgan fingerprint density at radius 3 is 2.08 bits per heavy atom. The second-order valence-electron chi connectivity index (χ2n) is 5.59. The summed E-state index contributed by atoms with van der Waals surface area (Å²) in [5, 5.41) is 0. The van der Waals surface area contributed by atoms with E-state index in [1.807, 2.05) is 36.4 Å². The molecule has 0 amide bonds. The minimum atomic E-state index is -0.419. The van der Waals surface area contributed by atoms with E-state index in [1.165, 1.54) is 6.08 Å². The Bertz CT molecular complexity index is 884. The molecule has 0 aliphatic carbocycles. The minimum absolute atomic E-state index is 0.179. The van der Waals surface area contributed by atoms with Crippen LogP contribution >= 0.6 is 0 Å². The Labute approximate surface area is 150 Å². The van der Waals surface area contributed by atoms with Crippen molar-refractivity contribution in [2.45, 2.75) is 0 Å². The van der Waals surface area contributed by atoms with Gasteiger partial charge in [0, 0.05) is 6.08 Å². The molecule has 2 aromatic carbocycles. The number of carbonyl (C=O) groups excluding carboxylic acids is 1. The zero-order valence-electron chi connectivity index (χ0n) is 13.8. The molecule has 0 saturated carbocycles. The highest BCUT2D eigenvalue weighted by Gasteiger charge is 2.13. The number of ether oxygens (including phenoxy) is 5. The Morgan fingerprint density at radius 2 is 1.42 bits per heavy atom. The summed E-state index contributed by atoms with van der Waals surface area (Å²) in [5.41, 5.74) is 1.78. The van der Waals surface area contributed by atoms with Crippen LogP contribution in [-0.2, 0) is 9.53 Å². The fourth-order valence-corrected chi connectivity index (χ4v) is 2.56. The third-order valence-corrected chi connectivity index (χ3v) is 3.84. The van der Waals surface area contributed by atoms with E-state index in [1.54, 1.807) is 18.2 Å². The number of benzene rings is 2. The van der Waals surface area contributed by atoms with Crippen LogP contribution in [0, 0.1) is 0 Å². The van der Waals surface area contributed by atoms with E-state index in [-0.39, 0.29) is 20.2 Å². The van der Waals surface area contributed by atoms with Crippen LogP contribution in [0.15, 0.2) is 48.6 Å². The summed E-state index contributed by atoms with van der Waals surface area (Å²) < 4.78 is 26.3. The predicted molar refractivity (Wildman–Crippen MR) is 94.2 cm³/mol. The summed E-state index contributed by atoms with van der Waals surface area (Å²) in [6.45, 7) is 0.648. The minimum Gasteiger partial charge on any atom is -0.458 e. The monoisotopic (exact) mass is 352 g/mol. The molecule has 2 aromatic rings. The normalized spacial score (nSPS) is 14.3. The molecule has 2 aliphatic rings. The summed E-state index contributed by atoms with van der Waals surface area (Å²) in [4.78, 5) is 11.8. The van der Waals surface area contributed by atoms with Crippen molar-refractivity contribution in [3.8, 4) is 23.0 Å². The Hall–Kier alpha value is -3.41. The van der Waals surface area contributed by atoms with E-state index in [2.05, 4.69) is 0 Å². The van der Waals surface area contributed by atoms with Gasteiger partial charge in [-0.05, 0) is 47.5 Å². The molecule has 0 N–H and O–H groups in total. The van der Waals surface area contributed by atoms with Gasteiger partial charge in [-0.25, -0.2) is 4.79 Å². The van der Waals surface area contributed by atoms with Gasteiger partial charge >= 0.3 is 5.97 Å². The van der Waals surface area contributed by atoms with Crippen molar-refractivity contribution in [3.05, 3.63) is 59.7 Å². The summed E-state index contributed by atoms with van der Waals surface area (Å²) in [7, 11) is 0. The van der Waals surface area contributed by atoms with Crippen molar-refractivity contribution in [1.29, 1.82) is 0 Å². The van der Waals surface area contributed by atoms with E-state index in [4.69, 9.17) is 23.7 Å². The van der Waals surface area contributed by atoms with E-state index in [0.29, 0.717) is 11.5 Å². The van der Waals surface area contributed by atoms with Gasteiger partial charge in [-0.3, -0.25) is 0 Å². The molecule has 6 nitrogen and oxygen atoms in total. The Morgan fingerprint density at radius 1 is 0.846 bits per heavy atom. The van der Waals surface area contributed by atoms with Gasteiger partial charge in [0.05, 0.1) is 0 Å². The maximum Gasteiger partial charge on any atom is 0.331 e. The van der Waals surface area contributed by atoms with Crippen molar-refractivity contribution in [1.82, 2.24) is 0 Å². The lowest BCUT2D eigenvalue weighted by Gasteiger charge is -1.99. The molecular weight excluding hydrogens is 336 g/mol. The molecule has 2 heterocycles. The molecule has 0 atom stereocenters. The van der Waals surface area contributed by atoms with Crippen LogP contribution in [0.3, 0.4) is 0 Å². The van der Waals surface area contributed by atoms with Gasteiger partial charge in [0.1, 0.15) is 6.61 Å². The lowest BCUT2D eigenvalue weighted by atomic mass is 10.2. The maximum atomic E-state index is 11.8. The van der Waals surface area contributed by atoms with Crippen molar-refractivity contribution in [2.75, 3.05) is 20.2 Å². The average molecular weight is 352 g/mol. The number of rotatable bonds is 5. The highest BCUT2D eigenvalue weighted by atomic mass is 16.7. The number of carbonyl (C=O) groups is 1. The van der Waals surface area contributed by atoms with Gasteiger partial charge in [0.2, 0.25) is 13.6 Å². The van der Waals surface area contributed by atoms with E-state index in [0.717, 1.165) is 22.6 Å². The molecule has 0 saturated heterocycles. The van der Waals surface area contributed by atoms with E-state index < -0.39 is 5.97 Å². The SMILES string of the molecule is O=C(C=Cc1ccc2c(c1)OCO2)OCC=Cc1ccc2c(c1)OCO2. The van der Waals surface area contributed by atoms with Crippen molar-refractivity contribution in [2.24, 2.45) is 0 Å². The van der Waals surface area contributed by atoms with Crippen LogP contribution in [0.4, 0.5) is 0 Å². The third-order valence-electron chi connectivity index (χ3n) is 3.84. The second kappa shape index (κ2) is 7.23. The topological polar surface area (TPSA) is 63.2 Å². The quantitative estimate of drug-likeness (QED) is 0.607. The number of fused-ring (bicyclic) bond motifs is 2. The van der Waals surface area contributed by atoms with Crippen LogP contribution in [-0.4, -0.2) is 26.2 Å². The summed E-state index contributed by atoms with van der Waals surface area (Å²) in [5.74, 6) is 2.42. The van der Waals surface area contributed by atoms with Crippen LogP contribution in [0.1, 0.15) is 11.1 Å². The molecule has 0 aromatic heterocycles. The lowest BCUT2D eigenvalue weighted by molar-refractivity contribution is -0.136. The van der Waals surface area contributed by atoms with Crippen LogP contribution in [0.2, 0.25) is 0 Å². The molecule has 0 spiro atoms. The fourth-order valence-electron chi connectivity index (χ4n) is 2.56. The summed E-state index contributed by atoms with van der Waals surface area (Å²) in [6, 6.07) is 11.1. The smallest absolute Gasteiger partial charge is 0.331 e.